The van der Waals surface area contributed by atoms with E-state index in [9.17, 15) is 0 Å². The molecule has 0 aliphatic heterocycles. The van der Waals surface area contributed by atoms with Crippen LogP contribution in [0.4, 0.5) is 0 Å². The topological polar surface area (TPSA) is 0 Å². The number of rotatable bonds is 2. The van der Waals surface area contributed by atoms with Crippen molar-refractivity contribution in [1.29, 1.82) is 0 Å². The third kappa shape index (κ3) is 11.7. The third-order valence-electron chi connectivity index (χ3n) is 2.22. The third-order valence-corrected chi connectivity index (χ3v) is 2.22. The van der Waals surface area contributed by atoms with Gasteiger partial charge in [-0.1, -0.05) is 30.3 Å². The van der Waals surface area contributed by atoms with E-state index < -0.39 is 0 Å². The van der Waals surface area contributed by atoms with Crippen molar-refractivity contribution in [3.05, 3.63) is 120 Å². The van der Waals surface area contributed by atoms with Crippen LogP contribution in [0.15, 0.2) is 30.3 Å². The minimum absolute atomic E-state index is 0. The van der Waals surface area contributed by atoms with E-state index in [1.54, 1.807) is 6.42 Å². The number of hydrogen-bond donors (Lipinski definition) is 0. The zero-order valence-electron chi connectivity index (χ0n) is 11.5. The Morgan fingerprint density at radius 3 is 1.25 bits per heavy atom. The molecule has 13 radical (unpaired) electrons. The second-order valence-corrected chi connectivity index (χ2v) is 3.74. The van der Waals surface area contributed by atoms with Gasteiger partial charge in [0.25, 0.3) is 0 Å². The smallest absolute Gasteiger partial charge is 0 e. The Labute approximate surface area is 141 Å². The minimum Gasteiger partial charge on any atom is -0.0622 e. The van der Waals surface area contributed by atoms with Crippen molar-refractivity contribution in [3.8, 4) is 0 Å². The molecule has 0 aromatic heterocycles. The van der Waals surface area contributed by atoms with Crippen LogP contribution in [0, 0.1) is 84.0 Å². The van der Waals surface area contributed by atoms with Gasteiger partial charge in [-0.15, -0.1) is 0 Å². The van der Waals surface area contributed by atoms with E-state index in [-0.39, 0.29) is 21.7 Å². The van der Waals surface area contributed by atoms with Crippen molar-refractivity contribution in [1.82, 2.24) is 0 Å². The Morgan fingerprint density at radius 1 is 0.600 bits per heavy atom. The molecule has 0 heterocycles. The van der Waals surface area contributed by atoms with Crippen LogP contribution in [0.1, 0.15) is 5.56 Å². The van der Waals surface area contributed by atoms with Crippen LogP contribution in [-0.4, -0.2) is 0 Å². The molecular weight excluding hydrogens is 276 g/mol. The summed E-state index contributed by atoms with van der Waals surface area (Å²) in [4.78, 5) is 0. The van der Waals surface area contributed by atoms with Crippen LogP contribution in [0.3, 0.4) is 0 Å². The van der Waals surface area contributed by atoms with E-state index in [1.807, 2.05) is 101 Å². The average molecular weight is 295 g/mol. The molecular formula is C19H19Ti. The minimum atomic E-state index is 0. The summed E-state index contributed by atoms with van der Waals surface area (Å²) in [6.45, 7) is 3.60. The van der Waals surface area contributed by atoms with Gasteiger partial charge in [0.15, 0.2) is 0 Å². The fourth-order valence-corrected chi connectivity index (χ4v) is 1.34. The molecule has 0 saturated heterocycles. The first-order valence-corrected chi connectivity index (χ1v) is 6.27. The Bertz CT molecular complexity index is 248. The molecule has 99 valence electrons. The van der Waals surface area contributed by atoms with Crippen LogP contribution < -0.4 is 0 Å². The number of hydrogen-bond acceptors (Lipinski definition) is 0. The van der Waals surface area contributed by atoms with Crippen molar-refractivity contribution in [2.45, 2.75) is 0 Å². The number of benzene rings is 1. The summed E-state index contributed by atoms with van der Waals surface area (Å²) in [6, 6.07) is 10.1. The van der Waals surface area contributed by atoms with Gasteiger partial charge < -0.3 is 0 Å². The molecule has 1 heteroatoms. The van der Waals surface area contributed by atoms with Crippen LogP contribution >= 0.6 is 0 Å². The van der Waals surface area contributed by atoms with Crippen molar-refractivity contribution < 1.29 is 21.7 Å². The summed E-state index contributed by atoms with van der Waals surface area (Å²) in [5.41, 5.74) is 1.20. The first kappa shape index (κ1) is 19.9. The first-order valence-electron chi connectivity index (χ1n) is 6.27. The summed E-state index contributed by atoms with van der Waals surface area (Å²) in [6.07, 6.45) is 23.8. The van der Waals surface area contributed by atoms with E-state index in [4.69, 9.17) is 0 Å². The van der Waals surface area contributed by atoms with Gasteiger partial charge in [0.2, 0.25) is 0 Å². The molecule has 3 rings (SSSR count). The molecule has 0 unspecified atom stereocenters. The molecule has 1 aromatic carbocycles. The zero-order chi connectivity index (χ0) is 13.6. The average Bonchev–Trinajstić information content (AvgIpc) is 3.19. The van der Waals surface area contributed by atoms with Crippen molar-refractivity contribution in [3.63, 3.8) is 0 Å². The van der Waals surface area contributed by atoms with Gasteiger partial charge >= 0.3 is 0 Å². The van der Waals surface area contributed by atoms with Gasteiger partial charge in [-0.25, -0.2) is 0 Å². The fraction of sp³-hybridized carbons (Fsp3) is 0. The van der Waals surface area contributed by atoms with E-state index >= 15 is 0 Å². The maximum atomic E-state index is 3.60. The summed E-state index contributed by atoms with van der Waals surface area (Å²) >= 11 is 0. The summed E-state index contributed by atoms with van der Waals surface area (Å²) in [5, 5.41) is 0. The molecule has 0 N–H and O–H groups in total. The van der Waals surface area contributed by atoms with Crippen LogP contribution in [0.25, 0.3) is 0 Å². The Balaban J connectivity index is 0.000000282. The molecule has 2 saturated carbocycles. The quantitative estimate of drug-likeness (QED) is 0.713. The first-order chi connectivity index (χ1) is 9.43. The van der Waals surface area contributed by atoms with E-state index in [2.05, 4.69) is 6.92 Å². The predicted octanol–water partition coefficient (Wildman–Crippen LogP) is 4.32. The molecule has 2 aliphatic carbocycles. The molecule has 0 spiro atoms. The van der Waals surface area contributed by atoms with E-state index in [0.29, 0.717) is 0 Å². The second kappa shape index (κ2) is 15.3. The Morgan fingerprint density at radius 2 is 0.950 bits per heavy atom. The zero-order valence-corrected chi connectivity index (χ0v) is 13.1. The SMILES string of the molecule is [CH2][CH][CH]c1ccccc1.[CH]1[CH][CH][CH][CH]1.[CH]1[CH][CH][CH][CH]1.[Ti]. The van der Waals surface area contributed by atoms with Crippen LogP contribution in [0.5, 0.6) is 0 Å². The van der Waals surface area contributed by atoms with E-state index in [1.165, 1.54) is 5.56 Å². The molecule has 1 aromatic rings. The van der Waals surface area contributed by atoms with Crippen LogP contribution in [0.2, 0.25) is 0 Å². The standard InChI is InChI=1S/C9H9.2C5H5.Ti/c1-2-6-9-7-4-3-5-8-9;2*1-2-4-5-3-1;/h2-8H,1H2;2*1-5H;. The van der Waals surface area contributed by atoms with Crippen molar-refractivity contribution in [2.75, 3.05) is 0 Å². The molecule has 0 amide bonds. The van der Waals surface area contributed by atoms with Gasteiger partial charge in [0.05, 0.1) is 0 Å². The van der Waals surface area contributed by atoms with Crippen molar-refractivity contribution >= 4 is 0 Å². The predicted molar refractivity (Wildman–Crippen MR) is 82.5 cm³/mol. The van der Waals surface area contributed by atoms with Crippen LogP contribution in [-0.2, 0) is 21.7 Å². The monoisotopic (exact) mass is 295 g/mol. The van der Waals surface area contributed by atoms with E-state index in [0.717, 1.165) is 0 Å². The molecule has 0 atom stereocenters. The fourth-order valence-electron chi connectivity index (χ4n) is 1.34. The summed E-state index contributed by atoms with van der Waals surface area (Å²) in [5.74, 6) is 0. The van der Waals surface area contributed by atoms with Gasteiger partial charge in [-0.2, -0.15) is 0 Å². The normalized spacial score (nSPS) is 16.2. The van der Waals surface area contributed by atoms with Gasteiger partial charge in [0.1, 0.15) is 0 Å². The molecule has 2 aliphatic rings. The Hall–Kier alpha value is -0.0657. The van der Waals surface area contributed by atoms with Crippen molar-refractivity contribution in [2.24, 2.45) is 0 Å². The van der Waals surface area contributed by atoms with Gasteiger partial charge in [-0.3, -0.25) is 0 Å². The summed E-state index contributed by atoms with van der Waals surface area (Å²) in [7, 11) is 0. The maximum absolute atomic E-state index is 3.60. The van der Waals surface area contributed by atoms with Gasteiger partial charge in [-0.05, 0) is 89.5 Å². The second-order valence-electron chi connectivity index (χ2n) is 3.74. The Kier molecular flexibility index (Phi) is 15.3. The van der Waals surface area contributed by atoms with Gasteiger partial charge in [0, 0.05) is 21.7 Å². The largest absolute Gasteiger partial charge is 0.0622 e. The maximum Gasteiger partial charge on any atom is 0 e. The molecule has 20 heavy (non-hydrogen) atoms. The summed E-state index contributed by atoms with van der Waals surface area (Å²) < 4.78 is 0. The molecule has 0 nitrogen and oxygen atoms in total. The molecule has 0 bridgehead atoms. The molecule has 2 fully saturated rings.